The monoisotopic (exact) mass is 265 g/mol. The Morgan fingerprint density at radius 2 is 1.79 bits per heavy atom. The minimum absolute atomic E-state index is 0.713. The van der Waals surface area contributed by atoms with Crippen LogP contribution >= 0.6 is 0 Å². The van der Waals surface area contributed by atoms with E-state index in [1.54, 1.807) is 0 Å². The maximum absolute atomic E-state index is 3.80. The Kier molecular flexibility index (Phi) is 4.78. The van der Waals surface area contributed by atoms with Crippen LogP contribution < -0.4 is 5.32 Å². The molecule has 2 unspecified atom stereocenters. The van der Waals surface area contributed by atoms with E-state index in [0.29, 0.717) is 6.04 Å². The standard InChI is InChI=1S/C16H31N3/c1-14(12-17-15-6-2-3-7-15)19-11-10-18-9-5-4-8-16(18)13-19/h14-17H,2-13H2,1H3. The Morgan fingerprint density at radius 3 is 2.63 bits per heavy atom. The number of nitrogens with zero attached hydrogens (tertiary/aromatic N) is 2. The molecule has 19 heavy (non-hydrogen) atoms. The smallest absolute Gasteiger partial charge is 0.0223 e. The molecule has 0 aromatic rings. The highest BCUT2D eigenvalue weighted by Crippen LogP contribution is 2.22. The number of hydrogen-bond donors (Lipinski definition) is 1. The van der Waals surface area contributed by atoms with Crippen LogP contribution in [0.2, 0.25) is 0 Å². The lowest BCUT2D eigenvalue weighted by Gasteiger charge is -2.46. The topological polar surface area (TPSA) is 18.5 Å². The highest BCUT2D eigenvalue weighted by atomic mass is 15.3. The van der Waals surface area contributed by atoms with Crippen LogP contribution in [-0.2, 0) is 0 Å². The summed E-state index contributed by atoms with van der Waals surface area (Å²) in [5.41, 5.74) is 0. The van der Waals surface area contributed by atoms with Gasteiger partial charge in [-0.2, -0.15) is 0 Å². The van der Waals surface area contributed by atoms with E-state index < -0.39 is 0 Å². The first-order valence-electron chi connectivity index (χ1n) is 8.54. The Hall–Kier alpha value is -0.120. The molecule has 0 aromatic carbocycles. The molecule has 3 nitrogen and oxygen atoms in total. The number of fused-ring (bicyclic) bond motifs is 1. The van der Waals surface area contributed by atoms with Gasteiger partial charge >= 0.3 is 0 Å². The number of nitrogens with one attached hydrogen (secondary N) is 1. The molecule has 110 valence electrons. The van der Waals surface area contributed by atoms with Crippen molar-refractivity contribution in [2.24, 2.45) is 0 Å². The Labute approximate surface area is 118 Å². The van der Waals surface area contributed by atoms with E-state index in [0.717, 1.165) is 12.1 Å². The number of hydrogen-bond acceptors (Lipinski definition) is 3. The van der Waals surface area contributed by atoms with E-state index in [9.17, 15) is 0 Å². The van der Waals surface area contributed by atoms with Crippen molar-refractivity contribution >= 4 is 0 Å². The Balaban J connectivity index is 1.43. The van der Waals surface area contributed by atoms with Gasteiger partial charge in [-0.1, -0.05) is 19.3 Å². The third-order valence-electron chi connectivity index (χ3n) is 5.55. The molecule has 0 bridgehead atoms. The van der Waals surface area contributed by atoms with Crippen molar-refractivity contribution in [3.8, 4) is 0 Å². The SMILES string of the molecule is CC(CNC1CCCC1)N1CCN2CCCCC2C1. The maximum atomic E-state index is 3.80. The molecule has 1 aliphatic carbocycles. The molecule has 2 atom stereocenters. The first kappa shape index (κ1) is 13.8. The van der Waals surface area contributed by atoms with E-state index in [2.05, 4.69) is 22.0 Å². The van der Waals surface area contributed by atoms with Crippen LogP contribution in [0, 0.1) is 0 Å². The summed E-state index contributed by atoms with van der Waals surface area (Å²) in [5.74, 6) is 0. The van der Waals surface area contributed by atoms with E-state index in [-0.39, 0.29) is 0 Å². The van der Waals surface area contributed by atoms with Crippen molar-refractivity contribution in [1.29, 1.82) is 0 Å². The summed E-state index contributed by atoms with van der Waals surface area (Å²) in [6.45, 7) is 8.86. The second-order valence-electron chi connectivity index (χ2n) is 6.92. The van der Waals surface area contributed by atoms with Crippen LogP contribution in [0.15, 0.2) is 0 Å². The molecule has 0 radical (unpaired) electrons. The fourth-order valence-electron chi connectivity index (χ4n) is 4.18. The Bertz CT molecular complexity index is 275. The summed E-state index contributed by atoms with van der Waals surface area (Å²) in [5, 5.41) is 3.80. The van der Waals surface area contributed by atoms with E-state index >= 15 is 0 Å². The fourth-order valence-corrected chi connectivity index (χ4v) is 4.18. The van der Waals surface area contributed by atoms with Crippen LogP contribution in [0.3, 0.4) is 0 Å². The third-order valence-corrected chi connectivity index (χ3v) is 5.55. The molecule has 1 saturated carbocycles. The average molecular weight is 265 g/mol. The normalized spacial score (nSPS) is 32.4. The molecular formula is C16H31N3. The van der Waals surface area contributed by atoms with Crippen LogP contribution in [-0.4, -0.2) is 60.6 Å². The van der Waals surface area contributed by atoms with Gasteiger partial charge in [0.25, 0.3) is 0 Å². The van der Waals surface area contributed by atoms with Gasteiger partial charge in [0, 0.05) is 44.3 Å². The number of piperidine rings is 1. The maximum Gasteiger partial charge on any atom is 0.0223 e. The summed E-state index contributed by atoms with van der Waals surface area (Å²) in [6.07, 6.45) is 9.99. The van der Waals surface area contributed by atoms with Crippen molar-refractivity contribution in [1.82, 2.24) is 15.1 Å². The van der Waals surface area contributed by atoms with E-state index in [1.807, 2.05) is 0 Å². The van der Waals surface area contributed by atoms with Gasteiger partial charge in [-0.3, -0.25) is 9.80 Å². The van der Waals surface area contributed by atoms with Gasteiger partial charge in [0.05, 0.1) is 0 Å². The third kappa shape index (κ3) is 3.50. The van der Waals surface area contributed by atoms with E-state index in [4.69, 9.17) is 0 Å². The summed E-state index contributed by atoms with van der Waals surface area (Å²) >= 11 is 0. The van der Waals surface area contributed by atoms with Crippen molar-refractivity contribution in [2.45, 2.75) is 70.0 Å². The van der Waals surface area contributed by atoms with Gasteiger partial charge < -0.3 is 5.32 Å². The van der Waals surface area contributed by atoms with Gasteiger partial charge in [0.1, 0.15) is 0 Å². The first-order valence-corrected chi connectivity index (χ1v) is 8.54. The lowest BCUT2D eigenvalue weighted by atomic mass is 9.98. The lowest BCUT2D eigenvalue weighted by Crippen LogP contribution is -2.58. The highest BCUT2D eigenvalue weighted by Gasteiger charge is 2.30. The summed E-state index contributed by atoms with van der Waals surface area (Å²) in [6, 6.07) is 2.39. The number of rotatable bonds is 4. The Morgan fingerprint density at radius 1 is 1.00 bits per heavy atom. The molecule has 2 aliphatic heterocycles. The van der Waals surface area contributed by atoms with Crippen molar-refractivity contribution in [2.75, 3.05) is 32.7 Å². The second kappa shape index (κ2) is 6.55. The molecule has 0 spiro atoms. The van der Waals surface area contributed by atoms with Gasteiger partial charge in [-0.15, -0.1) is 0 Å². The lowest BCUT2D eigenvalue weighted by molar-refractivity contribution is 0.0307. The molecule has 2 heterocycles. The summed E-state index contributed by atoms with van der Waals surface area (Å²) < 4.78 is 0. The van der Waals surface area contributed by atoms with Crippen molar-refractivity contribution < 1.29 is 0 Å². The van der Waals surface area contributed by atoms with Gasteiger partial charge in [-0.25, -0.2) is 0 Å². The van der Waals surface area contributed by atoms with E-state index in [1.165, 1.54) is 77.7 Å². The zero-order chi connectivity index (χ0) is 13.1. The van der Waals surface area contributed by atoms with Gasteiger partial charge in [0.2, 0.25) is 0 Å². The molecule has 1 N–H and O–H groups in total. The molecule has 3 rings (SSSR count). The van der Waals surface area contributed by atoms with Crippen LogP contribution in [0.1, 0.15) is 51.9 Å². The molecule has 0 aromatic heterocycles. The summed E-state index contributed by atoms with van der Waals surface area (Å²) in [7, 11) is 0. The average Bonchev–Trinajstić information content (AvgIpc) is 2.97. The minimum Gasteiger partial charge on any atom is -0.312 e. The van der Waals surface area contributed by atoms with Crippen molar-refractivity contribution in [3.05, 3.63) is 0 Å². The highest BCUT2D eigenvalue weighted by molar-refractivity contribution is 4.88. The van der Waals surface area contributed by atoms with Gasteiger partial charge in [0.15, 0.2) is 0 Å². The summed E-state index contributed by atoms with van der Waals surface area (Å²) in [4.78, 5) is 5.46. The second-order valence-corrected chi connectivity index (χ2v) is 6.92. The first-order chi connectivity index (χ1) is 9.33. The number of piperazine rings is 1. The van der Waals surface area contributed by atoms with Crippen LogP contribution in [0.25, 0.3) is 0 Å². The zero-order valence-corrected chi connectivity index (χ0v) is 12.6. The molecule has 0 amide bonds. The molecular weight excluding hydrogens is 234 g/mol. The van der Waals surface area contributed by atoms with Crippen molar-refractivity contribution in [3.63, 3.8) is 0 Å². The van der Waals surface area contributed by atoms with Crippen LogP contribution in [0.4, 0.5) is 0 Å². The fraction of sp³-hybridized carbons (Fsp3) is 1.00. The predicted molar refractivity (Wildman–Crippen MR) is 80.5 cm³/mol. The molecule has 3 aliphatic rings. The van der Waals surface area contributed by atoms with Gasteiger partial charge in [-0.05, 0) is 39.2 Å². The molecule has 3 heteroatoms. The molecule has 2 saturated heterocycles. The molecule has 3 fully saturated rings. The zero-order valence-electron chi connectivity index (χ0n) is 12.6. The van der Waals surface area contributed by atoms with Crippen LogP contribution in [0.5, 0.6) is 0 Å². The quantitative estimate of drug-likeness (QED) is 0.839. The minimum atomic E-state index is 0.713. The largest absolute Gasteiger partial charge is 0.312 e. The predicted octanol–water partition coefficient (Wildman–Crippen LogP) is 2.08.